The summed E-state index contributed by atoms with van der Waals surface area (Å²) in [6, 6.07) is 17.6. The van der Waals surface area contributed by atoms with Gasteiger partial charge in [0.25, 0.3) is 0 Å². The maximum Gasteiger partial charge on any atom is 0.153 e. The molecule has 0 aliphatic carbocycles. The molecule has 1 aliphatic rings. The SMILES string of the molecule is COc1ccc(C2=NOC(CC#N)C2c2ccc(OC)cc2)cc1. The van der Waals surface area contributed by atoms with Crippen LogP contribution in [0.2, 0.25) is 0 Å². The van der Waals surface area contributed by atoms with Crippen molar-refractivity contribution in [1.82, 2.24) is 0 Å². The molecule has 0 saturated heterocycles. The van der Waals surface area contributed by atoms with Gasteiger partial charge in [-0.25, -0.2) is 0 Å². The molecule has 5 nitrogen and oxygen atoms in total. The van der Waals surface area contributed by atoms with Crippen LogP contribution in [0.15, 0.2) is 53.7 Å². The van der Waals surface area contributed by atoms with Crippen molar-refractivity contribution in [2.75, 3.05) is 14.2 Å². The van der Waals surface area contributed by atoms with Crippen LogP contribution in [-0.4, -0.2) is 26.0 Å². The van der Waals surface area contributed by atoms with E-state index < -0.39 is 0 Å². The molecule has 0 N–H and O–H groups in total. The summed E-state index contributed by atoms with van der Waals surface area (Å²) in [6.07, 6.45) is -0.0136. The van der Waals surface area contributed by atoms with Gasteiger partial charge in [0, 0.05) is 5.56 Å². The number of ether oxygens (including phenoxy) is 2. The Kier molecular flexibility index (Phi) is 4.66. The summed E-state index contributed by atoms with van der Waals surface area (Å²) in [4.78, 5) is 5.54. The Morgan fingerprint density at radius 1 is 1.00 bits per heavy atom. The summed E-state index contributed by atoms with van der Waals surface area (Å²) in [5.74, 6) is 1.48. The minimum Gasteiger partial charge on any atom is -0.497 e. The van der Waals surface area contributed by atoms with E-state index in [9.17, 15) is 0 Å². The molecule has 2 unspecified atom stereocenters. The van der Waals surface area contributed by atoms with E-state index in [2.05, 4.69) is 11.2 Å². The van der Waals surface area contributed by atoms with Gasteiger partial charge in [-0.3, -0.25) is 0 Å². The summed E-state index contributed by atoms with van der Waals surface area (Å²) < 4.78 is 10.4. The van der Waals surface area contributed by atoms with Crippen LogP contribution < -0.4 is 9.47 Å². The fraction of sp³-hybridized carbons (Fsp3) is 0.263. The summed E-state index contributed by atoms with van der Waals surface area (Å²) in [7, 11) is 3.27. The summed E-state index contributed by atoms with van der Waals surface area (Å²) in [5.41, 5.74) is 2.82. The molecule has 0 fully saturated rings. The van der Waals surface area contributed by atoms with Gasteiger partial charge < -0.3 is 14.3 Å². The zero-order valence-electron chi connectivity index (χ0n) is 13.6. The van der Waals surface area contributed by atoms with Crippen LogP contribution in [0, 0.1) is 11.3 Å². The number of hydrogen-bond acceptors (Lipinski definition) is 5. The number of hydrogen-bond donors (Lipinski definition) is 0. The van der Waals surface area contributed by atoms with Crippen LogP contribution in [0.5, 0.6) is 11.5 Å². The van der Waals surface area contributed by atoms with E-state index in [0.717, 1.165) is 28.3 Å². The van der Waals surface area contributed by atoms with Gasteiger partial charge in [0.2, 0.25) is 0 Å². The molecule has 2 aromatic carbocycles. The zero-order valence-corrected chi connectivity index (χ0v) is 13.6. The average Bonchev–Trinajstić information content (AvgIpc) is 3.06. The van der Waals surface area contributed by atoms with Gasteiger partial charge in [-0.1, -0.05) is 17.3 Å². The van der Waals surface area contributed by atoms with Gasteiger partial charge in [-0.15, -0.1) is 0 Å². The lowest BCUT2D eigenvalue weighted by Gasteiger charge is -2.18. The van der Waals surface area contributed by atoms with Crippen molar-refractivity contribution in [3.8, 4) is 17.6 Å². The van der Waals surface area contributed by atoms with E-state index in [0.29, 0.717) is 0 Å². The number of oxime groups is 1. The normalized spacial score (nSPS) is 19.1. The lowest BCUT2D eigenvalue weighted by Crippen LogP contribution is -2.21. The highest BCUT2D eigenvalue weighted by molar-refractivity contribution is 6.06. The van der Waals surface area contributed by atoms with Gasteiger partial charge in [0.1, 0.15) is 11.5 Å². The van der Waals surface area contributed by atoms with Crippen molar-refractivity contribution >= 4 is 5.71 Å². The lowest BCUT2D eigenvalue weighted by molar-refractivity contribution is 0.0799. The second kappa shape index (κ2) is 7.05. The Labute approximate surface area is 141 Å². The molecule has 0 spiro atoms. The van der Waals surface area contributed by atoms with Crippen molar-refractivity contribution < 1.29 is 14.3 Å². The number of benzene rings is 2. The second-order valence-electron chi connectivity index (χ2n) is 5.46. The summed E-state index contributed by atoms with van der Waals surface area (Å²) >= 11 is 0. The van der Waals surface area contributed by atoms with E-state index in [1.807, 2.05) is 48.5 Å². The Morgan fingerprint density at radius 3 is 2.12 bits per heavy atom. The van der Waals surface area contributed by atoms with Crippen LogP contribution >= 0.6 is 0 Å². The molecule has 0 bridgehead atoms. The van der Waals surface area contributed by atoms with Crippen LogP contribution in [0.3, 0.4) is 0 Å². The maximum absolute atomic E-state index is 9.08. The lowest BCUT2D eigenvalue weighted by atomic mass is 9.85. The summed E-state index contributed by atoms with van der Waals surface area (Å²) in [6.45, 7) is 0. The molecule has 2 aromatic rings. The molecule has 0 amide bonds. The van der Waals surface area contributed by atoms with Gasteiger partial charge >= 0.3 is 0 Å². The molecular formula is C19H18N2O3. The van der Waals surface area contributed by atoms with Gasteiger partial charge in [0.05, 0.1) is 38.3 Å². The quantitative estimate of drug-likeness (QED) is 0.845. The van der Waals surface area contributed by atoms with Gasteiger partial charge in [-0.2, -0.15) is 5.26 Å². The highest BCUT2D eigenvalue weighted by atomic mass is 16.6. The van der Waals surface area contributed by atoms with Crippen LogP contribution in [0.1, 0.15) is 23.5 Å². The van der Waals surface area contributed by atoms with E-state index >= 15 is 0 Å². The molecule has 122 valence electrons. The standard InChI is InChI=1S/C19H18N2O3/c1-22-15-7-3-13(4-8-15)18-17(11-12-20)24-21-19(18)14-5-9-16(23-2)10-6-14/h3-10,17-18H,11H2,1-2H3. The third-order valence-electron chi connectivity index (χ3n) is 4.11. The molecule has 5 heteroatoms. The van der Waals surface area contributed by atoms with E-state index in [1.54, 1.807) is 14.2 Å². The topological polar surface area (TPSA) is 63.8 Å². The second-order valence-corrected chi connectivity index (χ2v) is 5.46. The molecule has 1 heterocycles. The molecule has 0 radical (unpaired) electrons. The first kappa shape index (κ1) is 15.9. The smallest absolute Gasteiger partial charge is 0.153 e. The zero-order chi connectivity index (χ0) is 16.9. The van der Waals surface area contributed by atoms with Crippen LogP contribution in [-0.2, 0) is 4.84 Å². The maximum atomic E-state index is 9.08. The first-order valence-electron chi connectivity index (χ1n) is 7.66. The van der Waals surface area contributed by atoms with Crippen molar-refractivity contribution in [3.63, 3.8) is 0 Å². The molecule has 3 rings (SSSR count). The number of methoxy groups -OCH3 is 2. The number of nitriles is 1. The third-order valence-corrected chi connectivity index (χ3v) is 4.11. The Balaban J connectivity index is 1.95. The third kappa shape index (κ3) is 3.04. The predicted octanol–water partition coefficient (Wildman–Crippen LogP) is 3.50. The van der Waals surface area contributed by atoms with Crippen LogP contribution in [0.4, 0.5) is 0 Å². The first-order valence-corrected chi connectivity index (χ1v) is 7.66. The molecule has 1 aliphatic heterocycles. The van der Waals surface area contributed by atoms with Crippen molar-refractivity contribution in [1.29, 1.82) is 5.26 Å². The Morgan fingerprint density at radius 2 is 1.58 bits per heavy atom. The average molecular weight is 322 g/mol. The molecule has 24 heavy (non-hydrogen) atoms. The Hall–Kier alpha value is -3.00. The first-order chi connectivity index (χ1) is 11.8. The minimum atomic E-state index is -0.291. The molecular weight excluding hydrogens is 304 g/mol. The fourth-order valence-electron chi connectivity index (χ4n) is 2.84. The monoisotopic (exact) mass is 322 g/mol. The largest absolute Gasteiger partial charge is 0.497 e. The van der Waals surface area contributed by atoms with E-state index in [-0.39, 0.29) is 18.4 Å². The van der Waals surface area contributed by atoms with Crippen LogP contribution in [0.25, 0.3) is 0 Å². The minimum absolute atomic E-state index is 0.0936. The highest BCUT2D eigenvalue weighted by Gasteiger charge is 2.36. The van der Waals surface area contributed by atoms with E-state index in [1.165, 1.54) is 0 Å². The number of rotatable bonds is 5. The molecule has 0 aromatic heterocycles. The Bertz CT molecular complexity index is 761. The van der Waals surface area contributed by atoms with Gasteiger partial charge in [-0.05, 0) is 42.0 Å². The molecule has 0 saturated carbocycles. The highest BCUT2D eigenvalue weighted by Crippen LogP contribution is 2.35. The molecule has 2 atom stereocenters. The van der Waals surface area contributed by atoms with Gasteiger partial charge in [0.15, 0.2) is 6.10 Å². The van der Waals surface area contributed by atoms with E-state index in [4.69, 9.17) is 19.6 Å². The predicted molar refractivity (Wildman–Crippen MR) is 90.4 cm³/mol. The summed E-state index contributed by atoms with van der Waals surface area (Å²) in [5, 5.41) is 13.3. The van der Waals surface area contributed by atoms with Crippen molar-refractivity contribution in [3.05, 3.63) is 59.7 Å². The van der Waals surface area contributed by atoms with Crippen molar-refractivity contribution in [2.45, 2.75) is 18.4 Å². The fourth-order valence-corrected chi connectivity index (χ4v) is 2.84. The number of nitrogens with zero attached hydrogens (tertiary/aromatic N) is 2. The van der Waals surface area contributed by atoms with Crippen molar-refractivity contribution in [2.24, 2.45) is 5.16 Å².